The molecule has 1 aliphatic carbocycles. The smallest absolute Gasteiger partial charge is 0.255 e. The van der Waals surface area contributed by atoms with Gasteiger partial charge in [-0.3, -0.25) is 9.59 Å². The fourth-order valence-electron chi connectivity index (χ4n) is 3.90. The molecule has 0 heterocycles. The first-order valence-corrected chi connectivity index (χ1v) is 12.3. The van der Waals surface area contributed by atoms with Crippen molar-refractivity contribution in [2.45, 2.75) is 44.4 Å². The molecule has 10 heteroatoms. The third kappa shape index (κ3) is 7.30. The summed E-state index contributed by atoms with van der Waals surface area (Å²) in [5.74, 6) is -0.730. The number of benzene rings is 3. The first-order chi connectivity index (χ1) is 18.3. The Morgan fingerprint density at radius 1 is 1.00 bits per heavy atom. The molecule has 0 aromatic heterocycles. The van der Waals surface area contributed by atoms with E-state index in [0.29, 0.717) is 29.1 Å². The highest BCUT2D eigenvalue weighted by Gasteiger charge is 2.23. The number of carbonyl (C=O) groups excluding carboxylic acids is 2. The number of hydrogen-bond acceptors (Lipinski definition) is 5. The third-order valence-corrected chi connectivity index (χ3v) is 6.23. The molecular formula is C28H31FN6O3. The van der Waals surface area contributed by atoms with E-state index in [1.807, 2.05) is 0 Å². The van der Waals surface area contributed by atoms with Crippen molar-refractivity contribution in [3.8, 4) is 5.75 Å². The van der Waals surface area contributed by atoms with Crippen molar-refractivity contribution >= 4 is 29.1 Å². The summed E-state index contributed by atoms with van der Waals surface area (Å²) in [7, 11) is 0. The summed E-state index contributed by atoms with van der Waals surface area (Å²) in [4.78, 5) is 29.7. The normalized spacial score (nSPS) is 13.6. The Labute approximate surface area is 220 Å². The van der Waals surface area contributed by atoms with E-state index in [1.54, 1.807) is 54.6 Å². The summed E-state index contributed by atoms with van der Waals surface area (Å²) in [6, 6.07) is 17.1. The molecule has 4 rings (SSSR count). The summed E-state index contributed by atoms with van der Waals surface area (Å²) in [5, 5.41) is 5.80. The van der Waals surface area contributed by atoms with Crippen LogP contribution in [0.3, 0.4) is 0 Å². The summed E-state index contributed by atoms with van der Waals surface area (Å²) < 4.78 is 19.2. The van der Waals surface area contributed by atoms with Crippen LogP contribution in [-0.4, -0.2) is 29.9 Å². The average molecular weight is 519 g/mol. The molecule has 1 saturated carbocycles. The number of hydrogen-bond donors (Lipinski definition) is 5. The molecule has 2 amide bonds. The van der Waals surface area contributed by atoms with Gasteiger partial charge in [-0.15, -0.1) is 0 Å². The Morgan fingerprint density at radius 2 is 1.68 bits per heavy atom. The molecule has 3 aromatic carbocycles. The molecule has 198 valence electrons. The van der Waals surface area contributed by atoms with Gasteiger partial charge in [0.2, 0.25) is 5.91 Å². The Kier molecular flexibility index (Phi) is 8.55. The van der Waals surface area contributed by atoms with Crippen LogP contribution < -0.4 is 32.6 Å². The van der Waals surface area contributed by atoms with Crippen molar-refractivity contribution in [1.29, 1.82) is 0 Å². The van der Waals surface area contributed by atoms with E-state index in [4.69, 9.17) is 21.9 Å². The lowest BCUT2D eigenvalue weighted by molar-refractivity contribution is -0.117. The molecule has 0 unspecified atom stereocenters. The van der Waals surface area contributed by atoms with Crippen molar-refractivity contribution in [2.24, 2.45) is 22.2 Å². The van der Waals surface area contributed by atoms with Crippen LogP contribution >= 0.6 is 0 Å². The molecule has 0 radical (unpaired) electrons. The predicted octanol–water partition coefficient (Wildman–Crippen LogP) is 3.10. The number of halogens is 1. The second-order valence-electron chi connectivity index (χ2n) is 9.23. The van der Waals surface area contributed by atoms with Gasteiger partial charge in [-0.05, 0) is 73.2 Å². The van der Waals surface area contributed by atoms with Crippen LogP contribution in [0, 0.1) is 5.82 Å². The Morgan fingerprint density at radius 3 is 2.32 bits per heavy atom. The lowest BCUT2D eigenvalue weighted by Crippen LogP contribution is -2.39. The number of rotatable bonds is 10. The molecule has 8 N–H and O–H groups in total. The van der Waals surface area contributed by atoms with E-state index in [1.165, 1.54) is 12.1 Å². The van der Waals surface area contributed by atoms with Crippen molar-refractivity contribution in [2.75, 3.05) is 5.32 Å². The van der Waals surface area contributed by atoms with Crippen LogP contribution in [0.25, 0.3) is 0 Å². The van der Waals surface area contributed by atoms with Gasteiger partial charge in [-0.25, -0.2) is 9.38 Å². The Hall–Kier alpha value is -4.44. The summed E-state index contributed by atoms with van der Waals surface area (Å²) in [6.07, 6.45) is 3.27. The molecule has 9 nitrogen and oxygen atoms in total. The number of nitrogens with one attached hydrogen (secondary N) is 2. The predicted molar refractivity (Wildman–Crippen MR) is 145 cm³/mol. The van der Waals surface area contributed by atoms with Crippen LogP contribution in [0.5, 0.6) is 5.75 Å². The van der Waals surface area contributed by atoms with Gasteiger partial charge in [0.25, 0.3) is 5.91 Å². The summed E-state index contributed by atoms with van der Waals surface area (Å²) in [5.41, 5.74) is 19.9. The van der Waals surface area contributed by atoms with E-state index < -0.39 is 11.9 Å². The minimum atomic E-state index is -0.825. The zero-order valence-corrected chi connectivity index (χ0v) is 20.8. The van der Waals surface area contributed by atoms with Gasteiger partial charge in [0.15, 0.2) is 5.96 Å². The van der Waals surface area contributed by atoms with E-state index in [-0.39, 0.29) is 30.3 Å². The average Bonchev–Trinajstić information content (AvgIpc) is 2.86. The number of anilines is 1. The lowest BCUT2D eigenvalue weighted by Gasteiger charge is -2.26. The van der Waals surface area contributed by atoms with Gasteiger partial charge in [0.1, 0.15) is 18.2 Å². The summed E-state index contributed by atoms with van der Waals surface area (Å²) >= 11 is 0. The van der Waals surface area contributed by atoms with Crippen molar-refractivity contribution < 1.29 is 18.7 Å². The van der Waals surface area contributed by atoms with Gasteiger partial charge in [-0.2, -0.15) is 0 Å². The van der Waals surface area contributed by atoms with E-state index in [0.717, 1.165) is 30.4 Å². The number of aliphatic imine (C=N–C) groups is 1. The lowest BCUT2D eigenvalue weighted by atomic mass is 9.93. The highest BCUT2D eigenvalue weighted by molar-refractivity contribution is 5.99. The quantitative estimate of drug-likeness (QED) is 0.205. The number of nitrogens with zero attached hydrogens (tertiary/aromatic N) is 1. The van der Waals surface area contributed by atoms with Gasteiger partial charge >= 0.3 is 0 Å². The van der Waals surface area contributed by atoms with Crippen LogP contribution in [0.15, 0.2) is 71.7 Å². The SMILES string of the molecule is NC(N)=Nc1ccc(C[C@H](N)C(=O)Nc2ccc(C(=O)NC3CCC3)c(OCc3ccc(F)cc3)c2)cc1. The molecule has 1 atom stereocenters. The zero-order valence-electron chi connectivity index (χ0n) is 20.8. The standard InChI is InChI=1S/C28H31FN6O3/c29-19-8-4-18(5-9-19)16-38-25-15-22(12-13-23(25)26(36)33-20-2-1-3-20)34-27(37)24(30)14-17-6-10-21(11-7-17)35-28(31)32/h4-13,15,20,24H,1-3,14,16,30H2,(H,33,36)(H,34,37)(H4,31,32,35)/t24-/m0/s1. The number of ether oxygens (including phenoxy) is 1. The number of guanidine groups is 1. The molecule has 0 bridgehead atoms. The second-order valence-corrected chi connectivity index (χ2v) is 9.23. The first-order valence-electron chi connectivity index (χ1n) is 12.3. The molecule has 0 aliphatic heterocycles. The number of carbonyl (C=O) groups is 2. The number of nitrogens with two attached hydrogens (primary N) is 3. The maximum Gasteiger partial charge on any atom is 0.255 e. The minimum absolute atomic E-state index is 0.0404. The molecular weight excluding hydrogens is 487 g/mol. The maximum absolute atomic E-state index is 13.3. The molecule has 1 aliphatic rings. The van der Waals surface area contributed by atoms with Crippen LogP contribution in [0.2, 0.25) is 0 Å². The largest absolute Gasteiger partial charge is 0.488 e. The Bertz CT molecular complexity index is 1300. The van der Waals surface area contributed by atoms with Gasteiger partial charge in [0.05, 0.1) is 17.3 Å². The van der Waals surface area contributed by atoms with Crippen LogP contribution in [0.1, 0.15) is 40.7 Å². The Balaban J connectivity index is 1.44. The molecule has 1 fully saturated rings. The monoisotopic (exact) mass is 518 g/mol. The van der Waals surface area contributed by atoms with Crippen LogP contribution in [-0.2, 0) is 17.8 Å². The highest BCUT2D eigenvalue weighted by atomic mass is 19.1. The first kappa shape index (κ1) is 26.6. The van der Waals surface area contributed by atoms with E-state index >= 15 is 0 Å². The molecule has 0 saturated heterocycles. The topological polar surface area (TPSA) is 158 Å². The highest BCUT2D eigenvalue weighted by Crippen LogP contribution is 2.27. The van der Waals surface area contributed by atoms with Gasteiger partial charge in [-0.1, -0.05) is 24.3 Å². The van der Waals surface area contributed by atoms with Crippen molar-refractivity contribution in [3.05, 3.63) is 89.2 Å². The second kappa shape index (κ2) is 12.2. The molecule has 3 aromatic rings. The van der Waals surface area contributed by atoms with Gasteiger partial charge < -0.3 is 32.6 Å². The van der Waals surface area contributed by atoms with Gasteiger partial charge in [0, 0.05) is 17.8 Å². The maximum atomic E-state index is 13.3. The van der Waals surface area contributed by atoms with Crippen molar-refractivity contribution in [1.82, 2.24) is 5.32 Å². The summed E-state index contributed by atoms with van der Waals surface area (Å²) in [6.45, 7) is 0.122. The minimum Gasteiger partial charge on any atom is -0.488 e. The van der Waals surface area contributed by atoms with E-state index in [2.05, 4.69) is 15.6 Å². The van der Waals surface area contributed by atoms with Crippen molar-refractivity contribution in [3.63, 3.8) is 0 Å². The zero-order chi connectivity index (χ0) is 27.1. The van der Waals surface area contributed by atoms with Crippen LogP contribution in [0.4, 0.5) is 15.8 Å². The fourth-order valence-corrected chi connectivity index (χ4v) is 3.90. The molecule has 0 spiro atoms. The van der Waals surface area contributed by atoms with E-state index in [9.17, 15) is 14.0 Å². The molecule has 38 heavy (non-hydrogen) atoms. The third-order valence-electron chi connectivity index (χ3n) is 6.23. The number of amides is 2. The fraction of sp³-hybridized carbons (Fsp3) is 0.250.